The molecular formula is C25H22O3. The van der Waals surface area contributed by atoms with Gasteiger partial charge in [-0.25, -0.2) is 0 Å². The van der Waals surface area contributed by atoms with Gasteiger partial charge in [-0.1, -0.05) is 60.7 Å². The Hall–Kier alpha value is -3.33. The molecule has 0 aliphatic heterocycles. The minimum atomic E-state index is -0.635. The lowest BCUT2D eigenvalue weighted by Crippen LogP contribution is -2.25. The largest absolute Gasteiger partial charge is 0.507 e. The van der Waals surface area contributed by atoms with Crippen molar-refractivity contribution in [1.29, 1.82) is 0 Å². The maximum Gasteiger partial charge on any atom is 0.316 e. The molecule has 0 amide bonds. The van der Waals surface area contributed by atoms with Crippen molar-refractivity contribution in [1.82, 2.24) is 0 Å². The van der Waals surface area contributed by atoms with Crippen LogP contribution in [0, 0.1) is 5.41 Å². The van der Waals surface area contributed by atoms with Crippen LogP contribution in [0.15, 0.2) is 72.8 Å². The van der Waals surface area contributed by atoms with Gasteiger partial charge >= 0.3 is 5.97 Å². The van der Waals surface area contributed by atoms with E-state index in [2.05, 4.69) is 0 Å². The van der Waals surface area contributed by atoms with Crippen LogP contribution in [0.2, 0.25) is 0 Å². The highest BCUT2D eigenvalue weighted by molar-refractivity contribution is 6.10. The summed E-state index contributed by atoms with van der Waals surface area (Å²) in [5, 5.41) is 14.7. The molecule has 3 nitrogen and oxygen atoms in total. The zero-order chi connectivity index (χ0) is 19.9. The summed E-state index contributed by atoms with van der Waals surface area (Å²) in [6.07, 6.45) is 0. The second-order valence-corrected chi connectivity index (χ2v) is 7.98. The minimum absolute atomic E-state index is 0.156. The molecule has 0 aliphatic rings. The summed E-state index contributed by atoms with van der Waals surface area (Å²) in [5.74, 6) is 0.289. The molecular weight excluding hydrogens is 348 g/mol. The third-order valence-corrected chi connectivity index (χ3v) is 4.86. The van der Waals surface area contributed by atoms with Gasteiger partial charge in [-0.2, -0.15) is 0 Å². The number of esters is 1. The fourth-order valence-corrected chi connectivity index (χ4v) is 3.37. The molecule has 0 atom stereocenters. The summed E-state index contributed by atoms with van der Waals surface area (Å²) in [7, 11) is 0. The van der Waals surface area contributed by atoms with Crippen LogP contribution in [0.3, 0.4) is 0 Å². The summed E-state index contributed by atoms with van der Waals surface area (Å²) in [4.78, 5) is 12.6. The molecule has 0 radical (unpaired) electrons. The van der Waals surface area contributed by atoms with Crippen molar-refractivity contribution in [2.75, 3.05) is 0 Å². The maximum absolute atomic E-state index is 12.6. The molecule has 0 saturated carbocycles. The number of carbonyl (C=O) groups excluding carboxylic acids is 1. The lowest BCUT2D eigenvalue weighted by molar-refractivity contribution is -0.142. The van der Waals surface area contributed by atoms with E-state index in [-0.39, 0.29) is 11.7 Å². The van der Waals surface area contributed by atoms with Crippen LogP contribution in [0.1, 0.15) is 20.8 Å². The fraction of sp³-hybridized carbons (Fsp3) is 0.160. The van der Waals surface area contributed by atoms with Crippen LogP contribution >= 0.6 is 0 Å². The van der Waals surface area contributed by atoms with Crippen molar-refractivity contribution < 1.29 is 14.6 Å². The van der Waals surface area contributed by atoms with Crippen molar-refractivity contribution in [3.05, 3.63) is 72.8 Å². The number of phenols is 1. The van der Waals surface area contributed by atoms with Crippen LogP contribution in [-0.2, 0) is 4.79 Å². The Morgan fingerprint density at radius 2 is 1.29 bits per heavy atom. The lowest BCUT2D eigenvalue weighted by Gasteiger charge is -2.20. The molecule has 0 saturated heterocycles. The van der Waals surface area contributed by atoms with Gasteiger partial charge in [0.15, 0.2) is 0 Å². The van der Waals surface area contributed by atoms with E-state index in [0.29, 0.717) is 11.3 Å². The van der Waals surface area contributed by atoms with Crippen molar-refractivity contribution in [3.63, 3.8) is 0 Å². The quantitative estimate of drug-likeness (QED) is 0.332. The number of ether oxygens (including phenoxy) is 1. The smallest absolute Gasteiger partial charge is 0.316 e. The Labute approximate surface area is 164 Å². The van der Waals surface area contributed by atoms with Crippen LogP contribution in [-0.4, -0.2) is 11.1 Å². The van der Waals surface area contributed by atoms with Gasteiger partial charge in [0, 0.05) is 11.1 Å². The van der Waals surface area contributed by atoms with Gasteiger partial charge in [0.25, 0.3) is 0 Å². The van der Waals surface area contributed by atoms with Gasteiger partial charge < -0.3 is 9.84 Å². The molecule has 3 heteroatoms. The Balaban J connectivity index is 2.07. The standard InChI is InChI=1S/C25H22O3/c1-25(2,3)24(27)28-21-15-13-17-9-5-7-11-19(17)23(21)22-18-10-6-4-8-16(18)12-14-20(22)26/h4-15,26H,1-3H3. The summed E-state index contributed by atoms with van der Waals surface area (Å²) in [6, 6.07) is 23.1. The van der Waals surface area contributed by atoms with E-state index in [1.807, 2.05) is 87.5 Å². The first kappa shape index (κ1) is 18.1. The molecule has 28 heavy (non-hydrogen) atoms. The van der Waals surface area contributed by atoms with Crippen LogP contribution in [0.5, 0.6) is 11.5 Å². The number of carbonyl (C=O) groups is 1. The van der Waals surface area contributed by atoms with Gasteiger partial charge in [0.2, 0.25) is 0 Å². The maximum atomic E-state index is 12.6. The summed E-state index contributed by atoms with van der Waals surface area (Å²) >= 11 is 0. The van der Waals surface area contributed by atoms with Crippen LogP contribution in [0.4, 0.5) is 0 Å². The predicted octanol–water partition coefficient (Wildman–Crippen LogP) is 6.32. The number of hydrogen-bond acceptors (Lipinski definition) is 3. The second-order valence-electron chi connectivity index (χ2n) is 7.98. The van der Waals surface area contributed by atoms with E-state index >= 15 is 0 Å². The monoisotopic (exact) mass is 370 g/mol. The lowest BCUT2D eigenvalue weighted by atomic mass is 9.92. The third kappa shape index (κ3) is 3.09. The van der Waals surface area contributed by atoms with Gasteiger partial charge in [0.05, 0.1) is 5.41 Å². The fourth-order valence-electron chi connectivity index (χ4n) is 3.37. The molecule has 0 fully saturated rings. The Morgan fingerprint density at radius 1 is 0.750 bits per heavy atom. The zero-order valence-electron chi connectivity index (χ0n) is 16.2. The van der Waals surface area contributed by atoms with Gasteiger partial charge in [-0.15, -0.1) is 0 Å². The van der Waals surface area contributed by atoms with E-state index in [1.54, 1.807) is 6.07 Å². The van der Waals surface area contributed by atoms with Crippen molar-refractivity contribution in [2.45, 2.75) is 20.8 Å². The number of phenolic OH excluding ortho intramolecular Hbond substituents is 1. The highest BCUT2D eigenvalue weighted by Crippen LogP contribution is 2.45. The Kier molecular flexibility index (Phi) is 4.31. The first-order valence-electron chi connectivity index (χ1n) is 9.31. The Bertz CT molecular complexity index is 1200. The predicted molar refractivity (Wildman–Crippen MR) is 114 cm³/mol. The topological polar surface area (TPSA) is 46.5 Å². The molecule has 1 N–H and O–H groups in total. The molecule has 4 aromatic rings. The SMILES string of the molecule is CC(C)(C)C(=O)Oc1ccc2ccccc2c1-c1c(O)ccc2ccccc12. The number of benzene rings is 4. The number of hydrogen-bond donors (Lipinski definition) is 1. The van der Waals surface area contributed by atoms with Crippen LogP contribution < -0.4 is 4.74 Å². The van der Waals surface area contributed by atoms with E-state index in [4.69, 9.17) is 4.74 Å². The molecule has 4 aromatic carbocycles. The van der Waals surface area contributed by atoms with E-state index < -0.39 is 5.41 Å². The third-order valence-electron chi connectivity index (χ3n) is 4.86. The molecule has 0 spiro atoms. The summed E-state index contributed by atoms with van der Waals surface area (Å²) in [5.41, 5.74) is 0.764. The molecule has 0 unspecified atom stereocenters. The number of aromatic hydroxyl groups is 1. The van der Waals surface area contributed by atoms with Gasteiger partial charge in [-0.3, -0.25) is 4.79 Å². The minimum Gasteiger partial charge on any atom is -0.507 e. The molecule has 0 heterocycles. The zero-order valence-corrected chi connectivity index (χ0v) is 16.2. The normalized spacial score (nSPS) is 11.7. The summed E-state index contributed by atoms with van der Waals surface area (Å²) in [6.45, 7) is 5.47. The van der Waals surface area contributed by atoms with Crippen LogP contribution in [0.25, 0.3) is 32.7 Å². The summed E-state index contributed by atoms with van der Waals surface area (Å²) < 4.78 is 5.83. The van der Waals surface area contributed by atoms with E-state index in [1.165, 1.54) is 0 Å². The first-order chi connectivity index (χ1) is 13.4. The van der Waals surface area contributed by atoms with Crippen molar-refractivity contribution in [3.8, 4) is 22.6 Å². The number of fused-ring (bicyclic) bond motifs is 2. The first-order valence-corrected chi connectivity index (χ1v) is 9.31. The van der Waals surface area contributed by atoms with E-state index in [0.717, 1.165) is 27.1 Å². The molecule has 0 aliphatic carbocycles. The molecule has 0 aromatic heterocycles. The second kappa shape index (κ2) is 6.68. The molecule has 0 bridgehead atoms. The average Bonchev–Trinajstić information content (AvgIpc) is 2.68. The van der Waals surface area contributed by atoms with Gasteiger partial charge in [-0.05, 0) is 54.4 Å². The average molecular weight is 370 g/mol. The van der Waals surface area contributed by atoms with Gasteiger partial charge in [0.1, 0.15) is 11.5 Å². The van der Waals surface area contributed by atoms with Crippen molar-refractivity contribution in [2.24, 2.45) is 5.41 Å². The molecule has 4 rings (SSSR count). The van der Waals surface area contributed by atoms with Crippen molar-refractivity contribution >= 4 is 27.5 Å². The number of rotatable bonds is 2. The Morgan fingerprint density at radius 3 is 1.89 bits per heavy atom. The highest BCUT2D eigenvalue weighted by atomic mass is 16.5. The van der Waals surface area contributed by atoms with E-state index in [9.17, 15) is 9.90 Å². The molecule has 140 valence electrons. The highest BCUT2D eigenvalue weighted by Gasteiger charge is 2.26.